The number of halogens is 2. The molecule has 2 N–H and O–H groups in total. The molecule has 168 valence electrons. The zero-order valence-corrected chi connectivity index (χ0v) is 18.2. The van der Waals surface area contributed by atoms with E-state index in [1.54, 1.807) is 30.3 Å². The van der Waals surface area contributed by atoms with Crippen molar-refractivity contribution in [2.24, 2.45) is 0 Å². The summed E-state index contributed by atoms with van der Waals surface area (Å²) in [6.45, 7) is 1.04. The fourth-order valence-electron chi connectivity index (χ4n) is 2.86. The van der Waals surface area contributed by atoms with Gasteiger partial charge in [-0.2, -0.15) is 8.78 Å². The predicted molar refractivity (Wildman–Crippen MR) is 117 cm³/mol. The van der Waals surface area contributed by atoms with Crippen molar-refractivity contribution >= 4 is 21.6 Å². The summed E-state index contributed by atoms with van der Waals surface area (Å²) in [5.74, 6) is -0.324. The summed E-state index contributed by atoms with van der Waals surface area (Å²) in [6.07, 6.45) is 0. The molecule has 0 fully saturated rings. The summed E-state index contributed by atoms with van der Waals surface area (Å²) in [5.41, 5.74) is 3.25. The number of aryl methyl sites for hydroxylation is 2. The van der Waals surface area contributed by atoms with Gasteiger partial charge in [0.2, 0.25) is 0 Å². The molecule has 3 rings (SSSR count). The molecule has 3 aromatic carbocycles. The van der Waals surface area contributed by atoms with Crippen LogP contribution in [0.4, 0.5) is 14.5 Å². The molecule has 0 atom stereocenters. The Hall–Kier alpha value is -3.46. The topological polar surface area (TPSA) is 84.5 Å². The van der Waals surface area contributed by atoms with E-state index in [9.17, 15) is 22.0 Å². The number of sulfonamides is 1. The third kappa shape index (κ3) is 6.04. The second-order valence-corrected chi connectivity index (χ2v) is 8.82. The Bertz CT molecular complexity index is 1200. The Labute approximate surface area is 185 Å². The SMILES string of the molecule is Cc1ccc(S(=O)(=O)Nc2ccc(C(=O)NCc3ccc(OC(F)F)cc3)cc2)cc1C. The van der Waals surface area contributed by atoms with Crippen LogP contribution in [0.5, 0.6) is 5.75 Å². The number of alkyl halides is 2. The van der Waals surface area contributed by atoms with Crippen molar-refractivity contribution in [3.63, 3.8) is 0 Å². The number of anilines is 1. The minimum atomic E-state index is -3.75. The van der Waals surface area contributed by atoms with Gasteiger partial charge in [-0.3, -0.25) is 9.52 Å². The molecular formula is C23H22F2N2O4S. The van der Waals surface area contributed by atoms with Gasteiger partial charge in [0.25, 0.3) is 15.9 Å². The van der Waals surface area contributed by atoms with Crippen molar-refractivity contribution < 1.29 is 26.7 Å². The minimum Gasteiger partial charge on any atom is -0.435 e. The van der Waals surface area contributed by atoms with E-state index in [1.165, 1.54) is 36.4 Å². The van der Waals surface area contributed by atoms with Crippen LogP contribution in [0.3, 0.4) is 0 Å². The number of benzene rings is 3. The molecule has 0 aliphatic rings. The van der Waals surface area contributed by atoms with Crippen LogP contribution in [0.2, 0.25) is 0 Å². The fraction of sp³-hybridized carbons (Fsp3) is 0.174. The van der Waals surface area contributed by atoms with Crippen molar-refractivity contribution in [2.75, 3.05) is 4.72 Å². The van der Waals surface area contributed by atoms with E-state index >= 15 is 0 Å². The lowest BCUT2D eigenvalue weighted by molar-refractivity contribution is -0.0498. The van der Waals surface area contributed by atoms with E-state index in [2.05, 4.69) is 14.8 Å². The van der Waals surface area contributed by atoms with Gasteiger partial charge in [-0.05, 0) is 79.1 Å². The zero-order chi connectivity index (χ0) is 23.3. The molecule has 0 aliphatic heterocycles. The molecule has 0 heterocycles. The fourth-order valence-corrected chi connectivity index (χ4v) is 4.00. The normalized spacial score (nSPS) is 11.3. The Morgan fingerprint density at radius 3 is 2.19 bits per heavy atom. The van der Waals surface area contributed by atoms with Crippen LogP contribution in [-0.2, 0) is 16.6 Å². The number of carbonyl (C=O) groups excluding carboxylic acids is 1. The zero-order valence-electron chi connectivity index (χ0n) is 17.4. The lowest BCUT2D eigenvalue weighted by Gasteiger charge is -2.11. The summed E-state index contributed by atoms with van der Waals surface area (Å²) in [7, 11) is -3.75. The van der Waals surface area contributed by atoms with Crippen molar-refractivity contribution in [1.29, 1.82) is 0 Å². The summed E-state index contributed by atoms with van der Waals surface area (Å²) < 4.78 is 56.3. The first-order valence-electron chi connectivity index (χ1n) is 9.66. The Morgan fingerprint density at radius 1 is 0.938 bits per heavy atom. The van der Waals surface area contributed by atoms with Crippen LogP contribution in [-0.4, -0.2) is 20.9 Å². The standard InChI is InChI=1S/C23H22F2N2O4S/c1-15-3-12-21(13-16(15)2)32(29,30)27-19-8-6-18(7-9-19)22(28)26-14-17-4-10-20(11-5-17)31-23(24)25/h3-13,23,27H,14H2,1-2H3,(H,26,28). The quantitative estimate of drug-likeness (QED) is 0.513. The molecule has 0 saturated heterocycles. The molecule has 0 aromatic heterocycles. The van der Waals surface area contributed by atoms with Gasteiger partial charge in [0.05, 0.1) is 4.90 Å². The van der Waals surface area contributed by atoms with Crippen molar-refractivity contribution in [3.8, 4) is 5.75 Å². The van der Waals surface area contributed by atoms with Gasteiger partial charge in [0.1, 0.15) is 5.75 Å². The maximum atomic E-state index is 12.6. The lowest BCUT2D eigenvalue weighted by Crippen LogP contribution is -2.22. The maximum Gasteiger partial charge on any atom is 0.387 e. The molecule has 32 heavy (non-hydrogen) atoms. The van der Waals surface area contributed by atoms with Gasteiger partial charge in [0.15, 0.2) is 0 Å². The van der Waals surface area contributed by atoms with Crippen LogP contribution < -0.4 is 14.8 Å². The molecule has 9 heteroatoms. The van der Waals surface area contributed by atoms with E-state index in [0.717, 1.165) is 11.1 Å². The number of carbonyl (C=O) groups is 1. The lowest BCUT2D eigenvalue weighted by atomic mass is 10.1. The van der Waals surface area contributed by atoms with E-state index < -0.39 is 16.6 Å². The number of amides is 1. The molecule has 1 amide bonds. The minimum absolute atomic E-state index is 0.0360. The second kappa shape index (κ2) is 9.78. The van der Waals surface area contributed by atoms with E-state index in [-0.39, 0.29) is 23.1 Å². The van der Waals surface area contributed by atoms with Crippen molar-refractivity contribution in [2.45, 2.75) is 31.9 Å². The average molecular weight is 461 g/mol. The molecule has 0 bridgehead atoms. The number of hydrogen-bond acceptors (Lipinski definition) is 4. The third-order valence-corrected chi connectivity index (χ3v) is 6.17. The van der Waals surface area contributed by atoms with Gasteiger partial charge >= 0.3 is 6.61 Å². The summed E-state index contributed by atoms with van der Waals surface area (Å²) >= 11 is 0. The molecule has 0 radical (unpaired) electrons. The molecule has 3 aromatic rings. The Kier molecular flexibility index (Phi) is 7.09. The van der Waals surface area contributed by atoms with E-state index in [4.69, 9.17) is 0 Å². The molecule has 0 saturated carbocycles. The van der Waals surface area contributed by atoms with Gasteiger partial charge in [-0.15, -0.1) is 0 Å². The molecule has 0 aliphatic carbocycles. The average Bonchev–Trinajstić information content (AvgIpc) is 2.74. The van der Waals surface area contributed by atoms with Crippen LogP contribution in [0.25, 0.3) is 0 Å². The smallest absolute Gasteiger partial charge is 0.387 e. The van der Waals surface area contributed by atoms with Gasteiger partial charge in [-0.1, -0.05) is 18.2 Å². The first-order valence-corrected chi connectivity index (χ1v) is 11.1. The maximum absolute atomic E-state index is 12.6. The summed E-state index contributed by atoms with van der Waals surface area (Å²) in [6, 6.07) is 16.8. The molecule has 6 nitrogen and oxygen atoms in total. The Balaban J connectivity index is 1.59. The largest absolute Gasteiger partial charge is 0.435 e. The highest BCUT2D eigenvalue weighted by atomic mass is 32.2. The van der Waals surface area contributed by atoms with Gasteiger partial charge in [-0.25, -0.2) is 8.42 Å². The first-order chi connectivity index (χ1) is 15.1. The molecule has 0 spiro atoms. The van der Waals surface area contributed by atoms with E-state index in [0.29, 0.717) is 16.8 Å². The molecule has 0 unspecified atom stereocenters. The predicted octanol–water partition coefficient (Wildman–Crippen LogP) is 4.64. The van der Waals surface area contributed by atoms with Crippen molar-refractivity contribution in [1.82, 2.24) is 5.32 Å². The number of nitrogens with one attached hydrogen (secondary N) is 2. The highest BCUT2D eigenvalue weighted by Crippen LogP contribution is 2.19. The number of rotatable bonds is 8. The summed E-state index contributed by atoms with van der Waals surface area (Å²) in [4.78, 5) is 12.5. The first kappa shape index (κ1) is 23.2. The van der Waals surface area contributed by atoms with Crippen LogP contribution in [0.1, 0.15) is 27.0 Å². The Morgan fingerprint density at radius 2 is 1.59 bits per heavy atom. The van der Waals surface area contributed by atoms with Gasteiger partial charge in [0, 0.05) is 17.8 Å². The van der Waals surface area contributed by atoms with Crippen LogP contribution in [0.15, 0.2) is 71.6 Å². The van der Waals surface area contributed by atoms with Gasteiger partial charge < -0.3 is 10.1 Å². The number of hydrogen-bond donors (Lipinski definition) is 2. The highest BCUT2D eigenvalue weighted by molar-refractivity contribution is 7.92. The number of ether oxygens (including phenoxy) is 1. The summed E-state index contributed by atoms with van der Waals surface area (Å²) in [5, 5.41) is 2.71. The monoisotopic (exact) mass is 460 g/mol. The third-order valence-electron chi connectivity index (χ3n) is 4.79. The second-order valence-electron chi connectivity index (χ2n) is 7.13. The van der Waals surface area contributed by atoms with Crippen LogP contribution in [0, 0.1) is 13.8 Å². The van der Waals surface area contributed by atoms with Crippen molar-refractivity contribution in [3.05, 3.63) is 89.0 Å². The van der Waals surface area contributed by atoms with E-state index in [1.807, 2.05) is 13.8 Å². The highest BCUT2D eigenvalue weighted by Gasteiger charge is 2.15. The van der Waals surface area contributed by atoms with Crippen LogP contribution >= 0.6 is 0 Å². The molecular weight excluding hydrogens is 438 g/mol.